The van der Waals surface area contributed by atoms with Crippen molar-refractivity contribution in [1.82, 2.24) is 5.32 Å². The van der Waals surface area contributed by atoms with E-state index in [0.717, 1.165) is 23.4 Å². The molecule has 2 aromatic carbocycles. The summed E-state index contributed by atoms with van der Waals surface area (Å²) in [6.45, 7) is 1.96. The van der Waals surface area contributed by atoms with Gasteiger partial charge in [-0.25, -0.2) is 0 Å². The Morgan fingerprint density at radius 3 is 2.08 bits per heavy atom. The van der Waals surface area contributed by atoms with E-state index in [1.807, 2.05) is 37.3 Å². The highest BCUT2D eigenvalue weighted by molar-refractivity contribution is 7.80. The van der Waals surface area contributed by atoms with Gasteiger partial charge < -0.3 is 16.0 Å². The van der Waals surface area contributed by atoms with Crippen LogP contribution in [0.5, 0.6) is 0 Å². The summed E-state index contributed by atoms with van der Waals surface area (Å²) in [6, 6.07) is 17.0. The van der Waals surface area contributed by atoms with E-state index in [0.29, 0.717) is 19.3 Å². The minimum atomic E-state index is -0.130. The summed E-state index contributed by atoms with van der Waals surface area (Å²) in [5.41, 5.74) is 2.58. The largest absolute Gasteiger partial charge is 0.332 e. The molecular weight excluding hydrogens is 346 g/mol. The van der Waals surface area contributed by atoms with Gasteiger partial charge in [-0.15, -0.1) is 0 Å². The topological polar surface area (TPSA) is 70.2 Å². The van der Waals surface area contributed by atoms with Crippen LogP contribution in [0.15, 0.2) is 54.6 Å². The van der Waals surface area contributed by atoms with Crippen molar-refractivity contribution in [3.8, 4) is 0 Å². The summed E-state index contributed by atoms with van der Waals surface area (Å²) >= 11 is 5.17. The van der Waals surface area contributed by atoms with E-state index in [2.05, 4.69) is 16.0 Å². The molecule has 0 aliphatic carbocycles. The van der Waals surface area contributed by atoms with Gasteiger partial charge in [0.15, 0.2) is 5.11 Å². The van der Waals surface area contributed by atoms with Crippen LogP contribution >= 0.6 is 12.2 Å². The van der Waals surface area contributed by atoms with Crippen molar-refractivity contribution in [3.05, 3.63) is 60.2 Å². The Labute approximate surface area is 159 Å². The molecule has 0 atom stereocenters. The van der Waals surface area contributed by atoms with Crippen LogP contribution in [0.3, 0.4) is 0 Å². The number of hydrogen-bond donors (Lipinski definition) is 3. The molecule has 0 heterocycles. The number of amides is 2. The van der Waals surface area contributed by atoms with Gasteiger partial charge >= 0.3 is 0 Å². The third-order valence-electron chi connectivity index (χ3n) is 3.64. The number of carbonyl (C=O) groups excluding carboxylic acids is 2. The molecule has 0 saturated heterocycles. The van der Waals surface area contributed by atoms with Gasteiger partial charge in [-0.1, -0.05) is 37.3 Å². The first-order valence-corrected chi connectivity index (χ1v) is 9.02. The quantitative estimate of drug-likeness (QED) is 0.648. The smallest absolute Gasteiger partial charge is 0.226 e. The van der Waals surface area contributed by atoms with Gasteiger partial charge in [0.25, 0.3) is 0 Å². The van der Waals surface area contributed by atoms with Gasteiger partial charge in [0.05, 0.1) is 0 Å². The molecule has 0 unspecified atom stereocenters. The molecular formula is C20H23N3O2S. The molecule has 0 fully saturated rings. The predicted octanol–water partition coefficient (Wildman–Crippen LogP) is 3.87. The zero-order valence-corrected chi connectivity index (χ0v) is 15.6. The summed E-state index contributed by atoms with van der Waals surface area (Å²) in [5, 5.41) is 8.71. The average molecular weight is 369 g/mol. The van der Waals surface area contributed by atoms with Crippen molar-refractivity contribution in [2.45, 2.75) is 32.6 Å². The second-order valence-corrected chi connectivity index (χ2v) is 6.27. The molecule has 0 aliphatic heterocycles. The summed E-state index contributed by atoms with van der Waals surface area (Å²) < 4.78 is 0. The number of carbonyl (C=O) groups is 2. The molecule has 0 aromatic heterocycles. The van der Waals surface area contributed by atoms with Crippen LogP contribution in [0.2, 0.25) is 0 Å². The predicted molar refractivity (Wildman–Crippen MR) is 109 cm³/mol. The Hall–Kier alpha value is -2.73. The first kappa shape index (κ1) is 19.6. The van der Waals surface area contributed by atoms with E-state index in [9.17, 15) is 9.59 Å². The van der Waals surface area contributed by atoms with Gasteiger partial charge in [-0.05, 0) is 54.9 Å². The van der Waals surface area contributed by atoms with Crippen molar-refractivity contribution in [2.24, 2.45) is 0 Å². The molecule has 0 spiro atoms. The molecule has 0 aliphatic rings. The molecule has 0 saturated carbocycles. The molecule has 0 radical (unpaired) electrons. The lowest BCUT2D eigenvalue weighted by Gasteiger charge is -2.10. The van der Waals surface area contributed by atoms with Crippen LogP contribution in [0, 0.1) is 0 Å². The number of hydrogen-bond acceptors (Lipinski definition) is 3. The second-order valence-electron chi connectivity index (χ2n) is 5.86. The van der Waals surface area contributed by atoms with E-state index in [1.54, 1.807) is 24.3 Å². The lowest BCUT2D eigenvalue weighted by molar-refractivity contribution is -0.119. The second kappa shape index (κ2) is 10.3. The van der Waals surface area contributed by atoms with E-state index in [1.165, 1.54) is 0 Å². The molecule has 5 nitrogen and oxygen atoms in total. The Morgan fingerprint density at radius 1 is 0.846 bits per heavy atom. The molecule has 6 heteroatoms. The Kier molecular flexibility index (Phi) is 7.76. The maximum Gasteiger partial charge on any atom is 0.226 e. The lowest BCUT2D eigenvalue weighted by Crippen LogP contribution is -2.34. The zero-order valence-electron chi connectivity index (χ0n) is 14.7. The van der Waals surface area contributed by atoms with Gasteiger partial charge in [0, 0.05) is 24.2 Å². The Morgan fingerprint density at radius 2 is 1.46 bits per heavy atom. The van der Waals surface area contributed by atoms with Gasteiger partial charge in [0.2, 0.25) is 11.8 Å². The minimum absolute atomic E-state index is 0.00518. The van der Waals surface area contributed by atoms with E-state index < -0.39 is 0 Å². The van der Waals surface area contributed by atoms with Crippen LogP contribution in [-0.4, -0.2) is 16.9 Å². The first-order valence-electron chi connectivity index (χ1n) is 8.61. The molecule has 3 N–H and O–H groups in total. The molecule has 0 bridgehead atoms. The van der Waals surface area contributed by atoms with Gasteiger partial charge in [-0.2, -0.15) is 0 Å². The standard InChI is InChI=1S/C20H23N3O2S/c1-2-6-18(24)21-16-10-12-17(13-11-16)22-20(26)23-19(25)14-9-15-7-4-3-5-8-15/h3-5,7-8,10-13H,2,6,9,14H2,1H3,(H,21,24)(H2,22,23,25,26). The normalized spacial score (nSPS) is 10.0. The highest BCUT2D eigenvalue weighted by atomic mass is 32.1. The monoisotopic (exact) mass is 369 g/mol. The molecule has 136 valence electrons. The van der Waals surface area contributed by atoms with Crippen LogP contribution < -0.4 is 16.0 Å². The van der Waals surface area contributed by atoms with E-state index in [4.69, 9.17) is 12.2 Å². The summed E-state index contributed by atoms with van der Waals surface area (Å²) in [4.78, 5) is 23.5. The van der Waals surface area contributed by atoms with Crippen molar-refractivity contribution >= 4 is 40.5 Å². The maximum atomic E-state index is 12.0. The van der Waals surface area contributed by atoms with E-state index >= 15 is 0 Å². The Bertz CT molecular complexity index is 745. The van der Waals surface area contributed by atoms with Gasteiger partial charge in [-0.3, -0.25) is 9.59 Å². The van der Waals surface area contributed by atoms with Crippen molar-refractivity contribution in [1.29, 1.82) is 0 Å². The van der Waals surface area contributed by atoms with Crippen LogP contribution in [-0.2, 0) is 16.0 Å². The number of anilines is 2. The number of thiocarbonyl (C=S) groups is 1. The van der Waals surface area contributed by atoms with Crippen molar-refractivity contribution in [2.75, 3.05) is 10.6 Å². The maximum absolute atomic E-state index is 12.0. The molecule has 2 aromatic rings. The summed E-state index contributed by atoms with van der Waals surface area (Å²) in [7, 11) is 0. The summed E-state index contributed by atoms with van der Waals surface area (Å²) in [6.07, 6.45) is 2.35. The SMILES string of the molecule is CCCC(=O)Nc1ccc(NC(=S)NC(=O)CCc2ccccc2)cc1. The number of rotatable bonds is 7. The average Bonchev–Trinajstić information content (AvgIpc) is 2.62. The zero-order chi connectivity index (χ0) is 18.8. The van der Waals surface area contributed by atoms with Crippen molar-refractivity contribution in [3.63, 3.8) is 0 Å². The van der Waals surface area contributed by atoms with E-state index in [-0.39, 0.29) is 16.9 Å². The fourth-order valence-corrected chi connectivity index (χ4v) is 2.57. The highest BCUT2D eigenvalue weighted by Crippen LogP contribution is 2.14. The number of nitrogens with one attached hydrogen (secondary N) is 3. The number of aryl methyl sites for hydroxylation is 1. The first-order chi connectivity index (χ1) is 12.6. The van der Waals surface area contributed by atoms with Crippen LogP contribution in [0.25, 0.3) is 0 Å². The highest BCUT2D eigenvalue weighted by Gasteiger charge is 2.06. The lowest BCUT2D eigenvalue weighted by atomic mass is 10.1. The van der Waals surface area contributed by atoms with Gasteiger partial charge in [0.1, 0.15) is 0 Å². The van der Waals surface area contributed by atoms with Crippen LogP contribution in [0.1, 0.15) is 31.7 Å². The van der Waals surface area contributed by atoms with Crippen LogP contribution in [0.4, 0.5) is 11.4 Å². The third-order valence-corrected chi connectivity index (χ3v) is 3.84. The van der Waals surface area contributed by atoms with Crippen molar-refractivity contribution < 1.29 is 9.59 Å². The summed E-state index contributed by atoms with van der Waals surface area (Å²) in [5.74, 6) is -0.135. The molecule has 2 amide bonds. The Balaban J connectivity index is 1.76. The minimum Gasteiger partial charge on any atom is -0.332 e. The fraction of sp³-hybridized carbons (Fsp3) is 0.250. The molecule has 2 rings (SSSR count). The third kappa shape index (κ3) is 7.03. The number of benzene rings is 2. The fourth-order valence-electron chi connectivity index (χ4n) is 2.34. The molecule has 26 heavy (non-hydrogen) atoms.